The third-order valence-electron chi connectivity index (χ3n) is 9.56. The van der Waals surface area contributed by atoms with Crippen molar-refractivity contribution in [3.05, 3.63) is 80.0 Å². The molecule has 1 aliphatic heterocycles. The molecule has 2 aromatic carbocycles. The van der Waals surface area contributed by atoms with Gasteiger partial charge in [-0.1, -0.05) is 24.3 Å². The van der Waals surface area contributed by atoms with Gasteiger partial charge in [-0.3, -0.25) is 0 Å². The van der Waals surface area contributed by atoms with Crippen LogP contribution >= 0.6 is 22.7 Å². The summed E-state index contributed by atoms with van der Waals surface area (Å²) in [6.07, 6.45) is 0. The smallest absolute Gasteiger partial charge is 0.380 e. The van der Waals surface area contributed by atoms with E-state index in [-0.39, 0.29) is 65.0 Å². The third-order valence-corrected chi connectivity index (χ3v) is 12.1. The highest BCUT2D eigenvalue weighted by molar-refractivity contribution is 7.16. The van der Waals surface area contributed by atoms with Crippen molar-refractivity contribution < 1.29 is 54.8 Å². The number of rotatable bonds is 5. The van der Waals surface area contributed by atoms with Crippen LogP contribution in [-0.2, 0) is 25.5 Å². The van der Waals surface area contributed by atoms with E-state index in [1.54, 1.807) is 42.5 Å². The summed E-state index contributed by atoms with van der Waals surface area (Å²) in [5.74, 6) is -15.4. The van der Waals surface area contributed by atoms with Gasteiger partial charge in [0, 0.05) is 48.3 Å². The fraction of sp³-hybridized carbons (Fsp3) is 0.450. The van der Waals surface area contributed by atoms with E-state index >= 15 is 26.3 Å². The van der Waals surface area contributed by atoms with Crippen LogP contribution in [0.3, 0.4) is 0 Å². The Morgan fingerprint density at radius 2 is 0.945 bits per heavy atom. The van der Waals surface area contributed by atoms with Crippen molar-refractivity contribution in [2.45, 2.75) is 52.0 Å². The zero-order valence-corrected chi connectivity index (χ0v) is 32.6. The number of hydrogen-bond donors (Lipinski definition) is 1. The number of fused-ring (bicyclic) bond motifs is 1. The van der Waals surface area contributed by atoms with Crippen molar-refractivity contribution in [1.82, 2.24) is 0 Å². The van der Waals surface area contributed by atoms with Crippen molar-refractivity contribution in [3.8, 4) is 32.4 Å². The Labute approximate surface area is 323 Å². The number of hydrogen-bond acceptors (Lipinski definition) is 9. The lowest BCUT2D eigenvalue weighted by Crippen LogP contribution is -2.49. The van der Waals surface area contributed by atoms with Crippen molar-refractivity contribution in [3.63, 3.8) is 0 Å². The van der Waals surface area contributed by atoms with Gasteiger partial charge in [0.2, 0.25) is 0 Å². The molecule has 0 spiro atoms. The fourth-order valence-electron chi connectivity index (χ4n) is 6.84. The number of halogens is 6. The first-order chi connectivity index (χ1) is 26.2. The molecule has 1 aliphatic carbocycles. The standard InChI is InChI=1S/C40H43F6NO6S2/c1-23-32(25(3)54-36(23)28-7-5-27(22-47)6-8-28)34-35(39(43,44)40(45,46)38(34,41)42)33-24(2)37(55-26(33)4)29-9-10-30-31(21-29)53-20-18-51-16-14-49-12-11-48-13-15-50-17-19-52-30/h5-10,21H,11-20,22,47H2,1-4H3. The fourth-order valence-corrected chi connectivity index (χ4v) is 9.18. The molecule has 0 amide bonds. The molecule has 4 aromatic rings. The number of alkyl halides is 6. The van der Waals surface area contributed by atoms with Crippen LogP contribution in [0.1, 0.15) is 37.6 Å². The van der Waals surface area contributed by atoms with Crippen molar-refractivity contribution >= 4 is 33.8 Å². The summed E-state index contributed by atoms with van der Waals surface area (Å²) in [6.45, 7) is 9.36. The number of thiophene rings is 2. The van der Waals surface area contributed by atoms with Crippen molar-refractivity contribution in [1.29, 1.82) is 0 Å². The third kappa shape index (κ3) is 7.94. The molecule has 0 fully saturated rings. The molecule has 15 heteroatoms. The summed E-state index contributed by atoms with van der Waals surface area (Å²) >= 11 is 2.14. The van der Waals surface area contributed by atoms with Crippen LogP contribution in [0.25, 0.3) is 32.0 Å². The minimum absolute atomic E-state index is 0.137. The predicted molar refractivity (Wildman–Crippen MR) is 202 cm³/mol. The van der Waals surface area contributed by atoms with Crippen molar-refractivity contribution in [2.75, 3.05) is 66.1 Å². The summed E-state index contributed by atoms with van der Waals surface area (Å²) in [5.41, 5.74) is 4.71. The predicted octanol–water partition coefficient (Wildman–Crippen LogP) is 9.50. The number of nitrogens with two attached hydrogens (primary N) is 1. The van der Waals surface area contributed by atoms with Crippen molar-refractivity contribution in [2.24, 2.45) is 5.73 Å². The molecule has 0 saturated carbocycles. The summed E-state index contributed by atoms with van der Waals surface area (Å²) in [6, 6.07) is 12.0. The normalized spacial score (nSPS) is 19.6. The SMILES string of the molecule is Cc1sc(-c2ccc(CN)cc2)c(C)c1C1=C(c2c(C)sc(-c3ccc4c(c3)OCCOCCOCCOCCOCCO4)c2C)C(F)(F)C(F)(F)C1(F)F. The second-order valence-corrected chi connectivity index (χ2v) is 15.6. The van der Waals surface area contributed by atoms with Gasteiger partial charge in [-0.25, -0.2) is 0 Å². The highest BCUT2D eigenvalue weighted by atomic mass is 32.1. The van der Waals surface area contributed by atoms with Gasteiger partial charge in [0.1, 0.15) is 13.2 Å². The molecule has 0 atom stereocenters. The summed E-state index contributed by atoms with van der Waals surface area (Å²) < 4.78 is 130. The molecule has 0 bridgehead atoms. The molecule has 298 valence electrons. The molecule has 2 aliphatic rings. The monoisotopic (exact) mass is 811 g/mol. The van der Waals surface area contributed by atoms with Gasteiger partial charge in [0.15, 0.2) is 11.5 Å². The molecular formula is C40H43F6NO6S2. The number of allylic oxidation sites excluding steroid dienone is 2. The lowest BCUT2D eigenvalue weighted by atomic mass is 9.89. The summed E-state index contributed by atoms with van der Waals surface area (Å²) in [4.78, 5) is 1.34. The van der Waals surface area contributed by atoms with Gasteiger partial charge in [0.05, 0.1) is 52.9 Å². The van der Waals surface area contributed by atoms with E-state index in [0.717, 1.165) is 28.2 Å². The lowest BCUT2D eigenvalue weighted by molar-refractivity contribution is -0.254. The lowest BCUT2D eigenvalue weighted by Gasteiger charge is -2.26. The molecule has 0 unspecified atom stereocenters. The Morgan fingerprint density at radius 3 is 1.40 bits per heavy atom. The number of ether oxygens (including phenoxy) is 6. The Hall–Kier alpha value is -3.44. The zero-order chi connectivity index (χ0) is 39.5. The van der Waals surface area contributed by atoms with Gasteiger partial charge in [-0.05, 0) is 73.7 Å². The van der Waals surface area contributed by atoms with Crippen LogP contribution in [0.2, 0.25) is 0 Å². The molecule has 0 radical (unpaired) electrons. The highest BCUT2D eigenvalue weighted by Gasteiger charge is 2.80. The number of aryl methyl sites for hydroxylation is 2. The Bertz CT molecular complexity index is 2010. The second kappa shape index (κ2) is 17.0. The van der Waals surface area contributed by atoms with E-state index in [1.165, 1.54) is 27.7 Å². The minimum atomic E-state index is -5.70. The average molecular weight is 812 g/mol. The molecular weight excluding hydrogens is 769 g/mol. The van der Waals surface area contributed by atoms with Crippen LogP contribution < -0.4 is 15.2 Å². The quantitative estimate of drug-likeness (QED) is 0.201. The maximum Gasteiger partial charge on any atom is 0.380 e. The second-order valence-electron chi connectivity index (χ2n) is 13.2. The van der Waals surface area contributed by atoms with Crippen LogP contribution in [0.5, 0.6) is 11.5 Å². The average Bonchev–Trinajstić information content (AvgIpc) is 3.64. The molecule has 7 nitrogen and oxygen atoms in total. The molecule has 2 aromatic heterocycles. The van der Waals surface area contributed by atoms with E-state index in [9.17, 15) is 0 Å². The van der Waals surface area contributed by atoms with Crippen LogP contribution in [0.4, 0.5) is 26.3 Å². The van der Waals surface area contributed by atoms with E-state index < -0.39 is 28.9 Å². The van der Waals surface area contributed by atoms with Crippen LogP contribution in [0.15, 0.2) is 42.5 Å². The first-order valence-corrected chi connectivity index (χ1v) is 19.4. The zero-order valence-electron chi connectivity index (χ0n) is 30.9. The Morgan fingerprint density at radius 1 is 0.545 bits per heavy atom. The van der Waals surface area contributed by atoms with Gasteiger partial charge < -0.3 is 34.2 Å². The summed E-state index contributed by atoms with van der Waals surface area (Å²) in [7, 11) is 0. The Kier molecular flexibility index (Phi) is 12.7. The number of benzene rings is 2. The van der Waals surface area contributed by atoms with Gasteiger partial charge in [0.25, 0.3) is 0 Å². The van der Waals surface area contributed by atoms with Crippen LogP contribution in [-0.4, -0.2) is 83.8 Å². The highest BCUT2D eigenvalue weighted by Crippen LogP contribution is 2.67. The Balaban J connectivity index is 1.42. The van der Waals surface area contributed by atoms with Gasteiger partial charge in [-0.2, -0.15) is 26.3 Å². The molecule has 55 heavy (non-hydrogen) atoms. The molecule has 0 saturated heterocycles. The molecule has 3 heterocycles. The van der Waals surface area contributed by atoms with E-state index in [2.05, 4.69) is 0 Å². The van der Waals surface area contributed by atoms with E-state index in [4.69, 9.17) is 34.2 Å². The van der Waals surface area contributed by atoms with E-state index in [0.29, 0.717) is 72.0 Å². The molecule has 6 rings (SSSR count). The summed E-state index contributed by atoms with van der Waals surface area (Å²) in [5, 5.41) is 0. The van der Waals surface area contributed by atoms with E-state index in [1.807, 2.05) is 0 Å². The maximum atomic E-state index is 16.2. The molecule has 2 N–H and O–H groups in total. The minimum Gasteiger partial charge on any atom is -0.487 e. The first kappa shape index (κ1) is 41.2. The van der Waals surface area contributed by atoms with Crippen LogP contribution in [0, 0.1) is 27.7 Å². The topological polar surface area (TPSA) is 81.4 Å². The maximum absolute atomic E-state index is 16.2. The largest absolute Gasteiger partial charge is 0.487 e. The van der Waals surface area contributed by atoms with Gasteiger partial charge in [-0.15, -0.1) is 22.7 Å². The first-order valence-electron chi connectivity index (χ1n) is 17.8. The van der Waals surface area contributed by atoms with Gasteiger partial charge >= 0.3 is 17.8 Å².